The van der Waals surface area contributed by atoms with Gasteiger partial charge in [0.2, 0.25) is 0 Å². The van der Waals surface area contributed by atoms with Crippen LogP contribution < -0.4 is 0 Å². The molecule has 6 heteroatoms. The second kappa shape index (κ2) is 7.79. The van der Waals surface area contributed by atoms with Crippen LogP contribution in [0.5, 0.6) is 0 Å². The average Bonchev–Trinajstić information content (AvgIpc) is 2.70. The molecule has 0 saturated heterocycles. The topological polar surface area (TPSA) is 20.7 Å². The first-order valence-corrected chi connectivity index (χ1v) is 9.58. The lowest BCUT2D eigenvalue weighted by Gasteiger charge is -2.05. The van der Waals surface area contributed by atoms with Gasteiger partial charge in [-0.05, 0) is 65.7 Å². The molecule has 0 fully saturated rings. The van der Waals surface area contributed by atoms with Crippen LogP contribution in [0.2, 0.25) is 0 Å². The molecular formula is C14H18FIN2S2. The molecule has 110 valence electrons. The maximum Gasteiger partial charge on any atom is 0.178 e. The van der Waals surface area contributed by atoms with E-state index in [2.05, 4.69) is 11.2 Å². The molecule has 0 atom stereocenters. The minimum atomic E-state index is -0.180. The van der Waals surface area contributed by atoms with Crippen molar-refractivity contribution in [3.05, 3.63) is 26.3 Å². The summed E-state index contributed by atoms with van der Waals surface area (Å²) in [6, 6.07) is 3.40. The van der Waals surface area contributed by atoms with Crippen molar-refractivity contribution in [2.75, 3.05) is 12.0 Å². The summed E-state index contributed by atoms with van der Waals surface area (Å²) in [6.07, 6.45) is 6.95. The molecule has 0 aliphatic carbocycles. The Balaban J connectivity index is 2.04. The van der Waals surface area contributed by atoms with E-state index in [1.807, 2.05) is 45.0 Å². The number of H-pyrrole nitrogens is 1. The number of rotatable bonds is 7. The van der Waals surface area contributed by atoms with Gasteiger partial charge >= 0.3 is 0 Å². The van der Waals surface area contributed by atoms with Crippen LogP contribution in [-0.2, 0) is 6.54 Å². The Morgan fingerprint density at radius 2 is 2.05 bits per heavy atom. The van der Waals surface area contributed by atoms with Crippen molar-refractivity contribution in [1.82, 2.24) is 9.55 Å². The summed E-state index contributed by atoms with van der Waals surface area (Å²) in [4.78, 5) is 3.16. The van der Waals surface area contributed by atoms with E-state index in [1.165, 1.54) is 25.0 Å². The van der Waals surface area contributed by atoms with Crippen molar-refractivity contribution in [2.24, 2.45) is 0 Å². The molecule has 0 radical (unpaired) electrons. The summed E-state index contributed by atoms with van der Waals surface area (Å²) in [5, 5.41) is 0. The van der Waals surface area contributed by atoms with Gasteiger partial charge in [-0.25, -0.2) is 4.39 Å². The van der Waals surface area contributed by atoms with Gasteiger partial charge in [0.05, 0.1) is 14.6 Å². The highest BCUT2D eigenvalue weighted by Crippen LogP contribution is 2.21. The smallest absolute Gasteiger partial charge is 0.178 e. The highest BCUT2D eigenvalue weighted by molar-refractivity contribution is 14.1. The molecule has 0 spiro atoms. The van der Waals surface area contributed by atoms with Crippen molar-refractivity contribution < 1.29 is 4.39 Å². The highest BCUT2D eigenvalue weighted by Gasteiger charge is 2.08. The van der Waals surface area contributed by atoms with Crippen molar-refractivity contribution in [2.45, 2.75) is 32.2 Å². The zero-order valence-electron chi connectivity index (χ0n) is 11.4. The summed E-state index contributed by atoms with van der Waals surface area (Å²) >= 11 is 9.23. The molecule has 1 aromatic heterocycles. The van der Waals surface area contributed by atoms with Crippen LogP contribution in [0.4, 0.5) is 4.39 Å². The molecule has 1 N–H and O–H groups in total. The zero-order valence-corrected chi connectivity index (χ0v) is 15.2. The SMILES string of the molecule is CSCCCCCCn1c(=S)[nH]c2cc(I)c(F)cc21. The summed E-state index contributed by atoms with van der Waals surface area (Å²) in [7, 11) is 0. The Kier molecular flexibility index (Phi) is 6.35. The van der Waals surface area contributed by atoms with Gasteiger partial charge in [0.1, 0.15) is 5.82 Å². The van der Waals surface area contributed by atoms with Gasteiger partial charge in [0, 0.05) is 12.6 Å². The predicted molar refractivity (Wildman–Crippen MR) is 96.6 cm³/mol. The normalized spacial score (nSPS) is 11.3. The number of hydrogen-bond donors (Lipinski definition) is 1. The lowest BCUT2D eigenvalue weighted by atomic mass is 10.2. The number of hydrogen-bond acceptors (Lipinski definition) is 2. The summed E-state index contributed by atoms with van der Waals surface area (Å²) in [5.74, 6) is 1.05. The predicted octanol–water partition coefficient (Wildman–Crippen LogP) is 5.37. The molecule has 1 aromatic carbocycles. The van der Waals surface area contributed by atoms with Crippen LogP contribution in [0.15, 0.2) is 12.1 Å². The first-order valence-electron chi connectivity index (χ1n) is 6.70. The standard InChI is InChI=1S/C14H18FIN2S2/c1-20-7-5-3-2-4-6-18-13-8-10(15)11(16)9-12(13)17-14(18)19/h8-9H,2-7H2,1H3,(H,17,19). The van der Waals surface area contributed by atoms with Crippen LogP contribution in [0.25, 0.3) is 11.0 Å². The number of thioether (sulfide) groups is 1. The fourth-order valence-corrected chi connectivity index (χ4v) is 3.50. The van der Waals surface area contributed by atoms with Crippen molar-refractivity contribution in [3.63, 3.8) is 0 Å². The molecule has 1 heterocycles. The summed E-state index contributed by atoms with van der Waals surface area (Å²) in [5.41, 5.74) is 1.79. The van der Waals surface area contributed by atoms with E-state index in [9.17, 15) is 4.39 Å². The third-order valence-electron chi connectivity index (χ3n) is 3.30. The number of fused-ring (bicyclic) bond motifs is 1. The number of aryl methyl sites for hydroxylation is 1. The number of halogens is 2. The van der Waals surface area contributed by atoms with Crippen LogP contribution in [0.3, 0.4) is 0 Å². The largest absolute Gasteiger partial charge is 0.331 e. The van der Waals surface area contributed by atoms with Crippen LogP contribution in [0, 0.1) is 14.2 Å². The van der Waals surface area contributed by atoms with Gasteiger partial charge in [0.25, 0.3) is 0 Å². The minimum absolute atomic E-state index is 0.180. The van der Waals surface area contributed by atoms with E-state index >= 15 is 0 Å². The Bertz CT molecular complexity index is 636. The van der Waals surface area contributed by atoms with Crippen LogP contribution in [-0.4, -0.2) is 21.6 Å². The van der Waals surface area contributed by atoms with Gasteiger partial charge in [-0.2, -0.15) is 11.8 Å². The van der Waals surface area contributed by atoms with E-state index in [4.69, 9.17) is 12.2 Å². The van der Waals surface area contributed by atoms with E-state index in [0.29, 0.717) is 8.34 Å². The Labute approximate surface area is 141 Å². The molecule has 0 unspecified atom stereocenters. The Hall–Kier alpha value is -0.0800. The third-order valence-corrected chi connectivity index (χ3v) is 5.14. The molecule has 0 bridgehead atoms. The van der Waals surface area contributed by atoms with Gasteiger partial charge < -0.3 is 9.55 Å². The molecule has 0 saturated carbocycles. The molecule has 0 amide bonds. The van der Waals surface area contributed by atoms with E-state index in [1.54, 1.807) is 6.07 Å². The van der Waals surface area contributed by atoms with E-state index in [-0.39, 0.29) is 5.82 Å². The van der Waals surface area contributed by atoms with Crippen LogP contribution >= 0.6 is 46.6 Å². The Morgan fingerprint density at radius 3 is 2.80 bits per heavy atom. The molecule has 0 aliphatic rings. The number of nitrogens with one attached hydrogen (secondary N) is 1. The molecule has 20 heavy (non-hydrogen) atoms. The summed E-state index contributed by atoms with van der Waals surface area (Å²) in [6.45, 7) is 0.859. The average molecular weight is 424 g/mol. The minimum Gasteiger partial charge on any atom is -0.331 e. The van der Waals surface area contributed by atoms with Gasteiger partial charge in [-0.3, -0.25) is 0 Å². The fraction of sp³-hybridized carbons (Fsp3) is 0.500. The first kappa shape index (κ1) is 16.3. The monoisotopic (exact) mass is 424 g/mol. The van der Waals surface area contributed by atoms with Gasteiger partial charge in [0.15, 0.2) is 4.77 Å². The zero-order chi connectivity index (χ0) is 14.5. The molecule has 2 rings (SSSR count). The molecular weight excluding hydrogens is 406 g/mol. The van der Waals surface area contributed by atoms with Crippen molar-refractivity contribution >= 4 is 57.6 Å². The van der Waals surface area contributed by atoms with Gasteiger partial charge in [-0.1, -0.05) is 12.8 Å². The third kappa shape index (κ3) is 3.98. The first-order chi connectivity index (χ1) is 9.63. The maximum atomic E-state index is 13.7. The van der Waals surface area contributed by atoms with Crippen molar-refractivity contribution in [1.29, 1.82) is 0 Å². The van der Waals surface area contributed by atoms with E-state index in [0.717, 1.165) is 24.0 Å². The van der Waals surface area contributed by atoms with Crippen molar-refractivity contribution in [3.8, 4) is 0 Å². The number of imidazole rings is 1. The van der Waals surface area contributed by atoms with Gasteiger partial charge in [-0.15, -0.1) is 0 Å². The second-order valence-corrected chi connectivity index (χ2v) is 7.31. The molecule has 0 aliphatic heterocycles. The number of unbranched alkanes of at least 4 members (excludes halogenated alkanes) is 3. The van der Waals surface area contributed by atoms with Crippen LogP contribution in [0.1, 0.15) is 25.7 Å². The lowest BCUT2D eigenvalue weighted by molar-refractivity contribution is 0.586. The Morgan fingerprint density at radius 1 is 1.30 bits per heavy atom. The lowest BCUT2D eigenvalue weighted by Crippen LogP contribution is -1.98. The number of nitrogens with zero attached hydrogens (tertiary/aromatic N) is 1. The number of aromatic nitrogens is 2. The number of aromatic amines is 1. The highest BCUT2D eigenvalue weighted by atomic mass is 127. The second-order valence-electron chi connectivity index (χ2n) is 4.77. The maximum absolute atomic E-state index is 13.7. The van der Waals surface area contributed by atoms with E-state index < -0.39 is 0 Å². The quantitative estimate of drug-likeness (QED) is 0.367. The number of benzene rings is 1. The molecule has 2 nitrogen and oxygen atoms in total. The fourth-order valence-electron chi connectivity index (χ4n) is 2.24. The molecule has 2 aromatic rings. The summed E-state index contributed by atoms with van der Waals surface area (Å²) < 4.78 is 17.0.